The van der Waals surface area contributed by atoms with Gasteiger partial charge in [-0.15, -0.1) is 0 Å². The van der Waals surface area contributed by atoms with Gasteiger partial charge in [-0.3, -0.25) is 9.59 Å². The fourth-order valence-corrected chi connectivity index (χ4v) is 4.83. The highest BCUT2D eigenvalue weighted by atomic mass is 16.5. The normalized spacial score (nSPS) is 11.3. The first-order valence-electron chi connectivity index (χ1n) is 14.5. The van der Waals surface area contributed by atoms with E-state index in [4.69, 9.17) is 9.47 Å². The minimum absolute atomic E-state index is 0.0794. The third-order valence-corrected chi connectivity index (χ3v) is 7.10. The van der Waals surface area contributed by atoms with Crippen molar-refractivity contribution < 1.29 is 23.9 Å². The molecule has 0 aliphatic rings. The number of nitrogens with zero attached hydrogens (tertiary/aromatic N) is 1. The number of benzene rings is 4. The smallest absolute Gasteiger partial charge is 0.328 e. The summed E-state index contributed by atoms with van der Waals surface area (Å²) in [5.74, 6) is 0.224. The van der Waals surface area contributed by atoms with Crippen LogP contribution in [-0.4, -0.2) is 44.0 Å². The van der Waals surface area contributed by atoms with Crippen molar-refractivity contribution in [1.82, 2.24) is 0 Å². The zero-order chi connectivity index (χ0) is 30.6. The molecule has 7 nitrogen and oxygen atoms in total. The number of ketones is 1. The van der Waals surface area contributed by atoms with Crippen LogP contribution in [0.2, 0.25) is 0 Å². The standard InChI is InChI=1S/C36H38N2O5/c1-4-34(39)38(29-15-10-12-26(2)24-29)22-11-23-43-30-20-18-27(19-21-30)25-33(36(41)42-3)37-32-17-9-8-16-31(32)35(40)28-13-6-5-7-14-28/h5-10,12-21,24,33,37H,4,11,22-23,25H2,1-3H3/t33-/m0/s1. The molecule has 0 aliphatic carbocycles. The Kier molecular flexibility index (Phi) is 11.1. The number of esters is 1. The number of carbonyl (C=O) groups excluding carboxylic acids is 3. The number of nitrogens with one attached hydrogen (secondary N) is 1. The summed E-state index contributed by atoms with van der Waals surface area (Å²) in [6.45, 7) is 4.90. The van der Waals surface area contributed by atoms with Crippen LogP contribution in [0.25, 0.3) is 0 Å². The number of anilines is 2. The predicted octanol–water partition coefficient (Wildman–Crippen LogP) is 6.63. The average Bonchev–Trinajstić information content (AvgIpc) is 3.04. The molecule has 222 valence electrons. The van der Waals surface area contributed by atoms with Crippen LogP contribution in [0.1, 0.15) is 46.8 Å². The Bertz CT molecular complexity index is 1520. The Labute approximate surface area is 253 Å². The lowest BCUT2D eigenvalue weighted by atomic mass is 10.00. The summed E-state index contributed by atoms with van der Waals surface area (Å²) in [6, 6.07) is 31.0. The zero-order valence-electron chi connectivity index (χ0n) is 24.9. The van der Waals surface area contributed by atoms with E-state index in [0.29, 0.717) is 55.0 Å². The summed E-state index contributed by atoms with van der Waals surface area (Å²) in [7, 11) is 1.35. The van der Waals surface area contributed by atoms with Crippen molar-refractivity contribution >= 4 is 29.0 Å². The van der Waals surface area contributed by atoms with Crippen LogP contribution in [0.4, 0.5) is 11.4 Å². The van der Waals surface area contributed by atoms with Crippen molar-refractivity contribution in [3.63, 3.8) is 0 Å². The second-order valence-electron chi connectivity index (χ2n) is 10.2. The molecule has 4 aromatic rings. The van der Waals surface area contributed by atoms with Gasteiger partial charge in [-0.05, 0) is 60.9 Å². The molecular weight excluding hydrogens is 540 g/mol. The summed E-state index contributed by atoms with van der Waals surface area (Å²) in [4.78, 5) is 40.3. The lowest BCUT2D eigenvalue weighted by molar-refractivity contribution is -0.141. The predicted molar refractivity (Wildman–Crippen MR) is 170 cm³/mol. The number of hydrogen-bond acceptors (Lipinski definition) is 6. The lowest BCUT2D eigenvalue weighted by Gasteiger charge is -2.23. The van der Waals surface area contributed by atoms with Crippen LogP contribution in [0.15, 0.2) is 103 Å². The van der Waals surface area contributed by atoms with Crippen molar-refractivity contribution in [2.75, 3.05) is 30.5 Å². The van der Waals surface area contributed by atoms with Crippen molar-refractivity contribution in [2.24, 2.45) is 0 Å². The Morgan fingerprint density at radius 3 is 2.28 bits per heavy atom. The van der Waals surface area contributed by atoms with Crippen LogP contribution in [-0.2, 0) is 20.7 Å². The largest absolute Gasteiger partial charge is 0.494 e. The molecule has 4 aromatic carbocycles. The Morgan fingerprint density at radius 2 is 1.58 bits per heavy atom. The molecule has 1 N–H and O–H groups in total. The number of para-hydroxylation sites is 1. The molecule has 0 bridgehead atoms. The second-order valence-corrected chi connectivity index (χ2v) is 10.2. The average molecular weight is 579 g/mol. The molecule has 0 spiro atoms. The lowest BCUT2D eigenvalue weighted by Crippen LogP contribution is -2.33. The van der Waals surface area contributed by atoms with E-state index in [-0.39, 0.29) is 11.7 Å². The highest BCUT2D eigenvalue weighted by Crippen LogP contribution is 2.23. The number of rotatable bonds is 14. The van der Waals surface area contributed by atoms with E-state index in [1.54, 1.807) is 30.3 Å². The fraction of sp³-hybridized carbons (Fsp3) is 0.250. The second kappa shape index (κ2) is 15.4. The molecule has 4 rings (SSSR count). The molecule has 7 heteroatoms. The van der Waals surface area contributed by atoms with Gasteiger partial charge in [-0.1, -0.05) is 73.7 Å². The number of amides is 1. The highest BCUT2D eigenvalue weighted by Gasteiger charge is 2.23. The maximum absolute atomic E-state index is 13.2. The molecule has 0 saturated carbocycles. The summed E-state index contributed by atoms with van der Waals surface area (Å²) in [5, 5.41) is 3.24. The quantitative estimate of drug-likeness (QED) is 0.103. The summed E-state index contributed by atoms with van der Waals surface area (Å²) in [6.07, 6.45) is 1.47. The zero-order valence-corrected chi connectivity index (χ0v) is 24.9. The highest BCUT2D eigenvalue weighted by molar-refractivity contribution is 6.12. The Hall–Kier alpha value is -4.91. The molecule has 0 aliphatic heterocycles. The number of carbonyl (C=O) groups is 3. The molecule has 1 atom stereocenters. The van der Waals surface area contributed by atoms with E-state index in [9.17, 15) is 14.4 Å². The first-order valence-corrected chi connectivity index (χ1v) is 14.5. The van der Waals surface area contributed by atoms with Crippen molar-refractivity contribution in [3.8, 4) is 5.75 Å². The van der Waals surface area contributed by atoms with Crippen LogP contribution < -0.4 is 15.0 Å². The molecule has 0 unspecified atom stereocenters. The van der Waals surface area contributed by atoms with Crippen molar-refractivity contribution in [1.29, 1.82) is 0 Å². The monoisotopic (exact) mass is 578 g/mol. The van der Waals surface area contributed by atoms with Gasteiger partial charge in [0.25, 0.3) is 0 Å². The number of aryl methyl sites for hydroxylation is 1. The molecule has 0 aromatic heterocycles. The summed E-state index contributed by atoms with van der Waals surface area (Å²) in [5.41, 5.74) is 4.53. The minimum Gasteiger partial charge on any atom is -0.494 e. The van der Waals surface area contributed by atoms with Gasteiger partial charge in [0.1, 0.15) is 11.8 Å². The van der Waals surface area contributed by atoms with E-state index in [0.717, 1.165) is 16.8 Å². The van der Waals surface area contributed by atoms with Gasteiger partial charge in [-0.2, -0.15) is 0 Å². The molecule has 0 radical (unpaired) electrons. The molecule has 0 fully saturated rings. The molecule has 1 amide bonds. The van der Waals surface area contributed by atoms with Gasteiger partial charge in [0.05, 0.1) is 13.7 Å². The van der Waals surface area contributed by atoms with Crippen LogP contribution in [0, 0.1) is 6.92 Å². The van der Waals surface area contributed by atoms with Crippen molar-refractivity contribution in [2.45, 2.75) is 39.2 Å². The van der Waals surface area contributed by atoms with E-state index in [2.05, 4.69) is 5.32 Å². The van der Waals surface area contributed by atoms with Gasteiger partial charge in [0.2, 0.25) is 5.91 Å². The minimum atomic E-state index is -0.704. The van der Waals surface area contributed by atoms with Gasteiger partial charge in [0.15, 0.2) is 5.78 Å². The van der Waals surface area contributed by atoms with Gasteiger partial charge < -0.3 is 19.7 Å². The van der Waals surface area contributed by atoms with Gasteiger partial charge >= 0.3 is 5.97 Å². The van der Waals surface area contributed by atoms with E-state index in [1.807, 2.05) is 91.5 Å². The van der Waals surface area contributed by atoms with Crippen molar-refractivity contribution in [3.05, 3.63) is 125 Å². The third-order valence-electron chi connectivity index (χ3n) is 7.10. The third kappa shape index (κ3) is 8.55. The molecule has 0 saturated heterocycles. The number of ether oxygens (including phenoxy) is 2. The van der Waals surface area contributed by atoms with Gasteiger partial charge in [-0.25, -0.2) is 4.79 Å². The fourth-order valence-electron chi connectivity index (χ4n) is 4.83. The van der Waals surface area contributed by atoms with Crippen LogP contribution in [0.5, 0.6) is 5.75 Å². The summed E-state index contributed by atoms with van der Waals surface area (Å²) >= 11 is 0. The Balaban J connectivity index is 1.36. The van der Waals surface area contributed by atoms with E-state index in [1.165, 1.54) is 7.11 Å². The van der Waals surface area contributed by atoms with E-state index >= 15 is 0 Å². The summed E-state index contributed by atoms with van der Waals surface area (Å²) < 4.78 is 11.0. The molecule has 43 heavy (non-hydrogen) atoms. The number of hydrogen-bond donors (Lipinski definition) is 1. The van der Waals surface area contributed by atoms with Crippen LogP contribution in [0.3, 0.4) is 0 Å². The maximum atomic E-state index is 13.2. The SMILES string of the molecule is CCC(=O)N(CCCOc1ccc(C[C@H](Nc2ccccc2C(=O)c2ccccc2)C(=O)OC)cc1)c1cccc(C)c1. The molecular formula is C36H38N2O5. The Morgan fingerprint density at radius 1 is 0.860 bits per heavy atom. The molecule has 0 heterocycles. The number of methoxy groups -OCH3 is 1. The van der Waals surface area contributed by atoms with Crippen LogP contribution >= 0.6 is 0 Å². The maximum Gasteiger partial charge on any atom is 0.328 e. The van der Waals surface area contributed by atoms with E-state index < -0.39 is 12.0 Å². The first kappa shape index (κ1) is 31.0. The topological polar surface area (TPSA) is 84.9 Å². The van der Waals surface area contributed by atoms with Gasteiger partial charge in [0, 0.05) is 41.9 Å². The first-order chi connectivity index (χ1) is 20.9.